The van der Waals surface area contributed by atoms with E-state index in [1.54, 1.807) is 7.11 Å². The lowest BCUT2D eigenvalue weighted by Gasteiger charge is -2.14. The van der Waals surface area contributed by atoms with E-state index in [1.165, 1.54) is 10.5 Å². The molecule has 0 radical (unpaired) electrons. The van der Waals surface area contributed by atoms with Gasteiger partial charge in [-0.3, -0.25) is 4.79 Å². The number of nitrogens with one attached hydrogen (secondary N) is 1. The number of nitrogens with zero attached hydrogens (tertiary/aromatic N) is 3. The average molecular weight is 393 g/mol. The smallest absolute Gasteiger partial charge is 0.217 e. The number of quaternary nitrogens is 1. The molecule has 1 atom stereocenters. The Balaban J connectivity index is 2.13. The zero-order valence-electron chi connectivity index (χ0n) is 16.6. The van der Waals surface area contributed by atoms with E-state index in [2.05, 4.69) is 38.1 Å². The van der Waals surface area contributed by atoms with E-state index in [0.717, 1.165) is 24.7 Å². The van der Waals surface area contributed by atoms with Crippen LogP contribution < -0.4 is 15.4 Å². The van der Waals surface area contributed by atoms with Gasteiger partial charge in [-0.1, -0.05) is 13.8 Å². The van der Waals surface area contributed by atoms with E-state index in [4.69, 9.17) is 22.7 Å². The summed E-state index contributed by atoms with van der Waals surface area (Å²) in [5.74, 6) is 1.79. The van der Waals surface area contributed by atoms with Gasteiger partial charge in [0.05, 0.1) is 14.2 Å². The second-order valence-corrected chi connectivity index (χ2v) is 7.67. The predicted molar refractivity (Wildman–Crippen MR) is 107 cm³/mol. The predicted octanol–water partition coefficient (Wildman–Crippen LogP) is 1.17. The summed E-state index contributed by atoms with van der Waals surface area (Å²) < 4.78 is 9.78. The highest BCUT2D eigenvalue weighted by Crippen LogP contribution is 2.11. The molecule has 1 aromatic carbocycles. The summed E-state index contributed by atoms with van der Waals surface area (Å²) in [6.07, 6.45) is 0.786. The van der Waals surface area contributed by atoms with E-state index in [9.17, 15) is 4.79 Å². The lowest BCUT2D eigenvalue weighted by atomic mass is 10.2. The third-order valence-corrected chi connectivity index (χ3v) is 4.66. The van der Waals surface area contributed by atoms with Gasteiger partial charge < -0.3 is 19.9 Å². The topological polar surface area (TPSA) is 79.5 Å². The number of nitrogens with two attached hydrogens (primary N) is 1. The molecule has 1 unspecified atom stereocenters. The molecule has 27 heavy (non-hydrogen) atoms. The van der Waals surface area contributed by atoms with Crippen LogP contribution in [0.2, 0.25) is 0 Å². The summed E-state index contributed by atoms with van der Waals surface area (Å²) in [4.78, 5) is 12.4. The van der Waals surface area contributed by atoms with E-state index < -0.39 is 0 Å². The van der Waals surface area contributed by atoms with E-state index in [-0.39, 0.29) is 12.3 Å². The van der Waals surface area contributed by atoms with Crippen LogP contribution in [0.4, 0.5) is 0 Å². The van der Waals surface area contributed by atoms with Crippen molar-refractivity contribution >= 4 is 18.1 Å². The number of carbonyl (C=O) groups is 1. The van der Waals surface area contributed by atoms with Crippen molar-refractivity contribution in [2.75, 3.05) is 14.2 Å². The minimum atomic E-state index is -0.325. The Morgan fingerprint density at radius 1 is 1.33 bits per heavy atom. The highest BCUT2D eigenvalue weighted by Gasteiger charge is 2.15. The first-order valence-electron chi connectivity index (χ1n) is 9.19. The molecule has 0 aliphatic rings. The van der Waals surface area contributed by atoms with Gasteiger partial charge in [0.2, 0.25) is 10.7 Å². The van der Waals surface area contributed by atoms with Crippen LogP contribution >= 0.6 is 12.2 Å². The number of amides is 1. The second-order valence-electron chi connectivity index (χ2n) is 7.31. The number of aryl methyl sites for hydroxylation is 1. The monoisotopic (exact) mass is 392 g/mol. The number of hydrogen-bond acceptors (Lipinski definition) is 4. The third kappa shape index (κ3) is 6.18. The normalized spacial score (nSPS) is 12.3. The van der Waals surface area contributed by atoms with Gasteiger partial charge in [0.15, 0.2) is 6.67 Å². The van der Waals surface area contributed by atoms with E-state index >= 15 is 0 Å². The van der Waals surface area contributed by atoms with Gasteiger partial charge in [-0.15, -0.1) is 0 Å². The fourth-order valence-electron chi connectivity index (χ4n) is 2.96. The van der Waals surface area contributed by atoms with E-state index in [0.29, 0.717) is 23.8 Å². The van der Waals surface area contributed by atoms with Crippen LogP contribution in [0.25, 0.3) is 0 Å². The van der Waals surface area contributed by atoms with Gasteiger partial charge in [-0.2, -0.15) is 9.78 Å². The van der Waals surface area contributed by atoms with Gasteiger partial charge >= 0.3 is 0 Å². The molecule has 1 amide bonds. The van der Waals surface area contributed by atoms with Crippen molar-refractivity contribution < 1.29 is 14.4 Å². The minimum Gasteiger partial charge on any atom is -0.497 e. The Hall–Kier alpha value is -2.19. The van der Waals surface area contributed by atoms with Crippen molar-refractivity contribution in [2.24, 2.45) is 11.7 Å². The Morgan fingerprint density at radius 2 is 2.00 bits per heavy atom. The van der Waals surface area contributed by atoms with Crippen LogP contribution in [0.15, 0.2) is 24.3 Å². The zero-order valence-corrected chi connectivity index (χ0v) is 17.4. The fourth-order valence-corrected chi connectivity index (χ4v) is 3.25. The maximum absolute atomic E-state index is 11.2. The lowest BCUT2D eigenvalue weighted by molar-refractivity contribution is -0.917. The number of hydrogen-bond donors (Lipinski definition) is 2. The Bertz CT molecular complexity index is 810. The lowest BCUT2D eigenvalue weighted by Crippen LogP contribution is -3.07. The quantitative estimate of drug-likeness (QED) is 0.595. The van der Waals surface area contributed by atoms with Crippen LogP contribution in [-0.2, 0) is 31.0 Å². The van der Waals surface area contributed by atoms with Crippen molar-refractivity contribution in [3.63, 3.8) is 0 Å². The van der Waals surface area contributed by atoms with Crippen molar-refractivity contribution in [3.05, 3.63) is 40.4 Å². The number of rotatable bonds is 10. The number of carbonyl (C=O) groups excluding carboxylic acids is 1. The molecule has 2 rings (SSSR count). The molecule has 0 aliphatic carbocycles. The number of primary amides is 1. The molecule has 2 aromatic rings. The average Bonchev–Trinajstić information content (AvgIpc) is 2.89. The number of benzene rings is 1. The molecule has 0 aliphatic heterocycles. The molecule has 0 bridgehead atoms. The minimum absolute atomic E-state index is 0.276. The standard InChI is InChI=1S/C19H29N5O2S/c1-14(2)11-23-18(10-9-17(20)25)21-24(19(23)27)13-22(3)12-15-5-7-16(26-4)8-6-15/h5-8,14H,9-13H2,1-4H3,(H2,20,25)/p+1. The molecule has 7 nitrogen and oxygen atoms in total. The SMILES string of the molecule is COc1ccc(C[NH+](C)Cn2nc(CCC(N)=O)n(CC(C)C)c2=S)cc1. The highest BCUT2D eigenvalue weighted by molar-refractivity contribution is 7.71. The van der Waals surface area contributed by atoms with Crippen LogP contribution in [0.5, 0.6) is 5.75 Å². The number of ether oxygens (including phenoxy) is 1. The van der Waals surface area contributed by atoms with Gasteiger partial charge in [-0.05, 0) is 42.4 Å². The number of aromatic nitrogens is 3. The Kier molecular flexibility index (Phi) is 7.55. The zero-order chi connectivity index (χ0) is 20.0. The van der Waals surface area contributed by atoms with Gasteiger partial charge in [0.25, 0.3) is 0 Å². The second kappa shape index (κ2) is 9.66. The van der Waals surface area contributed by atoms with Crippen LogP contribution in [0.1, 0.15) is 31.7 Å². The maximum atomic E-state index is 11.2. The Labute approximate surface area is 165 Å². The summed E-state index contributed by atoms with van der Waals surface area (Å²) in [6.45, 7) is 6.56. The highest BCUT2D eigenvalue weighted by atomic mass is 32.1. The van der Waals surface area contributed by atoms with Crippen molar-refractivity contribution in [2.45, 2.75) is 46.4 Å². The molecule has 0 fully saturated rings. The van der Waals surface area contributed by atoms with Gasteiger partial charge in [0.1, 0.15) is 18.1 Å². The maximum Gasteiger partial charge on any atom is 0.217 e. The molecule has 3 N–H and O–H groups in total. The summed E-state index contributed by atoms with van der Waals surface area (Å²) >= 11 is 5.64. The summed E-state index contributed by atoms with van der Waals surface area (Å²) in [5, 5.41) is 4.67. The summed E-state index contributed by atoms with van der Waals surface area (Å²) in [6, 6.07) is 8.07. The van der Waals surface area contributed by atoms with Gasteiger partial charge in [0, 0.05) is 24.9 Å². The molecular weight excluding hydrogens is 362 g/mol. The van der Waals surface area contributed by atoms with Gasteiger partial charge in [-0.25, -0.2) is 0 Å². The molecule has 148 valence electrons. The van der Waals surface area contributed by atoms with Crippen molar-refractivity contribution in [3.8, 4) is 5.75 Å². The molecule has 0 saturated heterocycles. The molecule has 1 aromatic heterocycles. The molecular formula is C19H30N5O2S+. The molecule has 0 saturated carbocycles. The first-order chi connectivity index (χ1) is 12.8. The number of methoxy groups -OCH3 is 1. The van der Waals surface area contributed by atoms with E-state index in [1.807, 2.05) is 21.4 Å². The van der Waals surface area contributed by atoms with Crippen molar-refractivity contribution in [1.82, 2.24) is 14.3 Å². The van der Waals surface area contributed by atoms with Crippen LogP contribution in [-0.4, -0.2) is 34.4 Å². The Morgan fingerprint density at radius 3 is 2.56 bits per heavy atom. The largest absolute Gasteiger partial charge is 0.497 e. The molecule has 0 spiro atoms. The molecule has 1 heterocycles. The van der Waals surface area contributed by atoms with Crippen LogP contribution in [0.3, 0.4) is 0 Å². The fraction of sp³-hybridized carbons (Fsp3) is 0.526. The first kappa shape index (κ1) is 21.1. The van der Waals surface area contributed by atoms with Crippen molar-refractivity contribution in [1.29, 1.82) is 0 Å². The summed E-state index contributed by atoms with van der Waals surface area (Å²) in [7, 11) is 3.77. The third-order valence-electron chi connectivity index (χ3n) is 4.23. The summed E-state index contributed by atoms with van der Waals surface area (Å²) in [5.41, 5.74) is 6.52. The van der Waals surface area contributed by atoms with Crippen LogP contribution in [0, 0.1) is 10.7 Å². The molecule has 8 heteroatoms. The first-order valence-corrected chi connectivity index (χ1v) is 9.60.